The van der Waals surface area contributed by atoms with E-state index in [2.05, 4.69) is 5.32 Å². The fraction of sp³-hybridized carbons (Fsp3) is 0.0909. The Morgan fingerprint density at radius 1 is 1.03 bits per heavy atom. The van der Waals surface area contributed by atoms with Crippen LogP contribution in [0.1, 0.15) is 16.0 Å². The monoisotopic (exact) mass is 440 g/mol. The molecule has 2 amide bonds. The third kappa shape index (κ3) is 4.56. The van der Waals surface area contributed by atoms with E-state index in [0.717, 1.165) is 38.5 Å². The lowest BCUT2D eigenvalue weighted by atomic mass is 10.1. The van der Waals surface area contributed by atoms with Crippen LogP contribution in [0.15, 0.2) is 65.6 Å². The normalized spacial score (nSPS) is 15.4. The molecular formula is C22H17ClN2O2S2. The number of anilines is 2. The van der Waals surface area contributed by atoms with Crippen LogP contribution in [-0.2, 0) is 11.3 Å². The summed E-state index contributed by atoms with van der Waals surface area (Å²) >= 11 is 8.65. The van der Waals surface area contributed by atoms with Crippen LogP contribution >= 0.6 is 34.7 Å². The Morgan fingerprint density at radius 2 is 1.79 bits per heavy atom. The van der Waals surface area contributed by atoms with E-state index < -0.39 is 0 Å². The predicted molar refractivity (Wildman–Crippen MR) is 122 cm³/mol. The predicted octanol–water partition coefficient (Wildman–Crippen LogP) is 6.69. The number of imide groups is 1. The summed E-state index contributed by atoms with van der Waals surface area (Å²) in [6.07, 6.45) is 1.77. The Balaban J connectivity index is 1.48. The smallest absolute Gasteiger partial charge is 0.293 e. The number of hydrogen-bond acceptors (Lipinski definition) is 5. The zero-order valence-corrected chi connectivity index (χ0v) is 17.9. The van der Waals surface area contributed by atoms with Crippen molar-refractivity contribution in [1.29, 1.82) is 0 Å². The molecule has 29 heavy (non-hydrogen) atoms. The van der Waals surface area contributed by atoms with Crippen molar-refractivity contribution in [2.75, 3.05) is 5.32 Å². The second-order valence-corrected chi connectivity index (χ2v) is 9.08. The fourth-order valence-corrected chi connectivity index (χ4v) is 4.79. The van der Waals surface area contributed by atoms with Crippen LogP contribution in [0.25, 0.3) is 6.08 Å². The average Bonchev–Trinajstić information content (AvgIpc) is 3.25. The highest BCUT2D eigenvalue weighted by Crippen LogP contribution is 2.36. The van der Waals surface area contributed by atoms with Gasteiger partial charge in [-0.25, -0.2) is 0 Å². The van der Waals surface area contributed by atoms with E-state index in [1.807, 2.05) is 67.6 Å². The first-order chi connectivity index (χ1) is 14.0. The molecule has 0 unspecified atom stereocenters. The number of nitrogens with zero attached hydrogens (tertiary/aromatic N) is 1. The van der Waals surface area contributed by atoms with Crippen LogP contribution < -0.4 is 5.32 Å². The molecule has 0 radical (unpaired) electrons. The van der Waals surface area contributed by atoms with Gasteiger partial charge in [0.2, 0.25) is 0 Å². The van der Waals surface area contributed by atoms with Crippen molar-refractivity contribution < 1.29 is 9.59 Å². The molecule has 146 valence electrons. The average molecular weight is 441 g/mol. The molecule has 1 aliphatic rings. The molecule has 0 saturated carbocycles. The minimum absolute atomic E-state index is 0.243. The minimum Gasteiger partial charge on any atom is -0.346 e. The largest absolute Gasteiger partial charge is 0.346 e. The maximum Gasteiger partial charge on any atom is 0.293 e. The van der Waals surface area contributed by atoms with Crippen LogP contribution in [0.3, 0.4) is 0 Å². The van der Waals surface area contributed by atoms with Crippen LogP contribution in [-0.4, -0.2) is 16.0 Å². The molecule has 0 bridgehead atoms. The number of nitrogens with one attached hydrogen (secondary N) is 1. The Bertz CT molecular complexity index is 1110. The van der Waals surface area contributed by atoms with Crippen molar-refractivity contribution in [1.82, 2.24) is 4.90 Å². The van der Waals surface area contributed by atoms with Crippen LogP contribution in [0.2, 0.25) is 5.02 Å². The molecule has 3 aromatic rings. The number of hydrogen-bond donors (Lipinski definition) is 1. The van der Waals surface area contributed by atoms with Crippen molar-refractivity contribution in [2.24, 2.45) is 0 Å². The van der Waals surface area contributed by atoms with Crippen molar-refractivity contribution in [3.8, 4) is 0 Å². The highest BCUT2D eigenvalue weighted by atomic mass is 35.5. The van der Waals surface area contributed by atoms with E-state index in [1.54, 1.807) is 6.08 Å². The summed E-state index contributed by atoms with van der Waals surface area (Å²) in [6.45, 7) is 2.29. The lowest BCUT2D eigenvalue weighted by Crippen LogP contribution is -2.27. The van der Waals surface area contributed by atoms with Gasteiger partial charge in [0.1, 0.15) is 0 Å². The standard InChI is InChI=1S/C22H17ClN2O2S2/c1-14-6-8-15(9-7-14)13-25-21(26)19(29-22(25)27)12-16-10-11-20(28-16)24-18-5-3-2-4-17(18)23/h2-12,24H,13H2,1H3. The number of carbonyl (C=O) groups excluding carboxylic acids is 2. The molecule has 0 spiro atoms. The second-order valence-electron chi connectivity index (χ2n) is 6.56. The lowest BCUT2D eigenvalue weighted by molar-refractivity contribution is -0.123. The fourth-order valence-electron chi connectivity index (χ4n) is 2.83. The Labute approximate surface area is 182 Å². The number of thioether (sulfide) groups is 1. The van der Waals surface area contributed by atoms with Gasteiger partial charge in [0.25, 0.3) is 11.1 Å². The molecule has 4 rings (SSSR count). The van der Waals surface area contributed by atoms with Gasteiger partial charge in [0, 0.05) is 4.88 Å². The van der Waals surface area contributed by atoms with Gasteiger partial charge in [-0.1, -0.05) is 53.6 Å². The third-order valence-corrected chi connectivity index (χ3v) is 6.55. The molecule has 0 atom stereocenters. The van der Waals surface area contributed by atoms with Gasteiger partial charge in [-0.05, 0) is 54.6 Å². The molecule has 4 nitrogen and oxygen atoms in total. The quantitative estimate of drug-likeness (QED) is 0.449. The van der Waals surface area contributed by atoms with Gasteiger partial charge in [-0.2, -0.15) is 0 Å². The number of rotatable bonds is 5. The maximum atomic E-state index is 12.7. The summed E-state index contributed by atoms with van der Waals surface area (Å²) in [5.74, 6) is -0.255. The van der Waals surface area contributed by atoms with Crippen molar-refractivity contribution >= 4 is 62.6 Å². The number of carbonyl (C=O) groups is 2. The van der Waals surface area contributed by atoms with Crippen molar-refractivity contribution in [3.63, 3.8) is 0 Å². The molecule has 7 heteroatoms. The van der Waals surface area contributed by atoms with Gasteiger partial charge >= 0.3 is 0 Å². The number of aryl methyl sites for hydroxylation is 1. The molecule has 2 heterocycles. The van der Waals surface area contributed by atoms with E-state index >= 15 is 0 Å². The van der Waals surface area contributed by atoms with Gasteiger partial charge in [0.05, 0.1) is 27.2 Å². The molecular weight excluding hydrogens is 424 g/mol. The number of para-hydroxylation sites is 1. The number of benzene rings is 2. The van der Waals surface area contributed by atoms with Crippen molar-refractivity contribution in [3.05, 3.63) is 86.6 Å². The first-order valence-electron chi connectivity index (χ1n) is 8.92. The number of amides is 2. The van der Waals surface area contributed by atoms with E-state index in [9.17, 15) is 9.59 Å². The molecule has 1 N–H and O–H groups in total. The Morgan fingerprint density at radius 3 is 2.55 bits per heavy atom. The molecule has 1 aliphatic heterocycles. The van der Waals surface area contributed by atoms with E-state index in [1.165, 1.54) is 16.2 Å². The van der Waals surface area contributed by atoms with Gasteiger partial charge in [-0.3, -0.25) is 14.5 Å². The van der Waals surface area contributed by atoms with Crippen LogP contribution in [0.5, 0.6) is 0 Å². The van der Waals surface area contributed by atoms with E-state index in [4.69, 9.17) is 11.6 Å². The third-order valence-electron chi connectivity index (χ3n) is 4.37. The van der Waals surface area contributed by atoms with Gasteiger partial charge in [0.15, 0.2) is 0 Å². The maximum absolute atomic E-state index is 12.7. The first-order valence-corrected chi connectivity index (χ1v) is 10.9. The topological polar surface area (TPSA) is 49.4 Å². The molecule has 1 saturated heterocycles. The van der Waals surface area contributed by atoms with Gasteiger partial charge in [-0.15, -0.1) is 11.3 Å². The molecule has 1 aromatic heterocycles. The Kier molecular flexibility index (Phi) is 5.76. The first kappa shape index (κ1) is 19.8. The number of halogens is 1. The lowest BCUT2D eigenvalue weighted by Gasteiger charge is -2.12. The summed E-state index contributed by atoms with van der Waals surface area (Å²) in [5.41, 5.74) is 2.89. The summed E-state index contributed by atoms with van der Waals surface area (Å²) in [5, 5.41) is 4.57. The molecule has 0 aliphatic carbocycles. The van der Waals surface area contributed by atoms with E-state index in [0.29, 0.717) is 9.93 Å². The summed E-state index contributed by atoms with van der Waals surface area (Å²) in [7, 11) is 0. The molecule has 2 aromatic carbocycles. The Hall–Kier alpha value is -2.54. The SMILES string of the molecule is Cc1ccc(CN2C(=O)SC(=Cc3ccc(Nc4ccccc4Cl)s3)C2=O)cc1. The summed E-state index contributed by atoms with van der Waals surface area (Å²) in [4.78, 5) is 27.7. The minimum atomic E-state index is -0.255. The highest BCUT2D eigenvalue weighted by molar-refractivity contribution is 8.18. The van der Waals surface area contributed by atoms with Crippen molar-refractivity contribution in [2.45, 2.75) is 13.5 Å². The van der Waals surface area contributed by atoms with E-state index in [-0.39, 0.29) is 17.7 Å². The second kappa shape index (κ2) is 8.45. The number of thiophene rings is 1. The summed E-state index contributed by atoms with van der Waals surface area (Å²) < 4.78 is 0. The van der Waals surface area contributed by atoms with Gasteiger partial charge < -0.3 is 5.32 Å². The van der Waals surface area contributed by atoms with Crippen LogP contribution in [0, 0.1) is 6.92 Å². The zero-order valence-electron chi connectivity index (χ0n) is 15.5. The summed E-state index contributed by atoms with van der Waals surface area (Å²) in [6, 6.07) is 19.2. The highest BCUT2D eigenvalue weighted by Gasteiger charge is 2.35. The van der Waals surface area contributed by atoms with Crippen LogP contribution in [0.4, 0.5) is 15.5 Å². The zero-order chi connectivity index (χ0) is 20.4. The molecule has 1 fully saturated rings.